The fraction of sp³-hybridized carbons (Fsp3) is 0.333. The van der Waals surface area contributed by atoms with Crippen LogP contribution in [0.1, 0.15) is 17.2 Å². The SMILES string of the molecule is C#CCC(O)C(c1ccc([N+](=O)[O-])cc1)S(C)(=O)=O. The Bertz CT molecular complexity index is 600. The molecule has 6 nitrogen and oxygen atoms in total. The van der Waals surface area contributed by atoms with Gasteiger partial charge in [-0.05, 0) is 5.56 Å². The van der Waals surface area contributed by atoms with Crippen molar-refractivity contribution in [3.63, 3.8) is 0 Å². The number of aliphatic hydroxyl groups excluding tert-OH is 1. The molecule has 0 radical (unpaired) electrons. The Morgan fingerprint density at radius 1 is 1.42 bits per heavy atom. The minimum absolute atomic E-state index is 0.116. The molecule has 0 aliphatic carbocycles. The van der Waals surface area contributed by atoms with Crippen LogP contribution in [0.5, 0.6) is 0 Å². The third kappa shape index (κ3) is 3.77. The monoisotopic (exact) mass is 283 g/mol. The lowest BCUT2D eigenvalue weighted by Gasteiger charge is -2.20. The van der Waals surface area contributed by atoms with Gasteiger partial charge in [-0.15, -0.1) is 12.3 Å². The molecule has 1 rings (SSSR count). The summed E-state index contributed by atoms with van der Waals surface area (Å²) in [5.74, 6) is 2.20. The Hall–Kier alpha value is -1.91. The molecule has 0 saturated heterocycles. The summed E-state index contributed by atoms with van der Waals surface area (Å²) in [7, 11) is -3.59. The van der Waals surface area contributed by atoms with Crippen molar-refractivity contribution in [1.29, 1.82) is 0 Å². The van der Waals surface area contributed by atoms with E-state index in [1.54, 1.807) is 0 Å². The van der Waals surface area contributed by atoms with Crippen LogP contribution in [-0.4, -0.2) is 30.8 Å². The zero-order valence-corrected chi connectivity index (χ0v) is 11.0. The first kappa shape index (κ1) is 15.1. The normalized spacial score (nSPS) is 14.4. The van der Waals surface area contributed by atoms with Crippen LogP contribution in [0.2, 0.25) is 0 Å². The third-order valence-electron chi connectivity index (χ3n) is 2.57. The summed E-state index contributed by atoms with van der Waals surface area (Å²) in [6.07, 6.45) is 4.68. The number of sulfone groups is 1. The van der Waals surface area contributed by atoms with Crippen LogP contribution in [0, 0.1) is 22.5 Å². The van der Waals surface area contributed by atoms with E-state index in [2.05, 4.69) is 5.92 Å². The van der Waals surface area contributed by atoms with Crippen molar-refractivity contribution in [2.24, 2.45) is 0 Å². The molecule has 0 aromatic heterocycles. The lowest BCUT2D eigenvalue weighted by atomic mass is 10.0. The van der Waals surface area contributed by atoms with Gasteiger partial charge in [0.2, 0.25) is 0 Å². The molecule has 1 N–H and O–H groups in total. The number of rotatable bonds is 5. The van der Waals surface area contributed by atoms with Gasteiger partial charge in [-0.1, -0.05) is 12.1 Å². The molecule has 19 heavy (non-hydrogen) atoms. The van der Waals surface area contributed by atoms with Crippen molar-refractivity contribution in [2.75, 3.05) is 6.26 Å². The van der Waals surface area contributed by atoms with Crippen molar-refractivity contribution in [1.82, 2.24) is 0 Å². The molecule has 0 aliphatic heterocycles. The molecule has 0 amide bonds. The number of terminal acetylenes is 1. The lowest BCUT2D eigenvalue weighted by Crippen LogP contribution is -2.25. The van der Waals surface area contributed by atoms with Gasteiger partial charge in [0.05, 0.1) is 11.0 Å². The maximum absolute atomic E-state index is 11.7. The highest BCUT2D eigenvalue weighted by Crippen LogP contribution is 2.28. The average Bonchev–Trinajstić information content (AvgIpc) is 2.28. The number of nitrogens with zero attached hydrogens (tertiary/aromatic N) is 1. The maximum atomic E-state index is 11.7. The van der Waals surface area contributed by atoms with Gasteiger partial charge in [0.15, 0.2) is 9.84 Å². The number of nitro groups is 1. The molecular formula is C12H13NO5S. The first-order valence-electron chi connectivity index (χ1n) is 5.32. The highest BCUT2D eigenvalue weighted by Gasteiger charge is 2.30. The fourth-order valence-corrected chi connectivity index (χ4v) is 3.09. The number of hydrogen-bond donors (Lipinski definition) is 1. The van der Waals surface area contributed by atoms with Gasteiger partial charge < -0.3 is 5.11 Å². The molecule has 1 aromatic rings. The van der Waals surface area contributed by atoms with Crippen LogP contribution in [-0.2, 0) is 9.84 Å². The predicted molar refractivity (Wildman–Crippen MR) is 70.1 cm³/mol. The molecule has 0 saturated carbocycles. The summed E-state index contributed by atoms with van der Waals surface area (Å²) in [6.45, 7) is 0. The van der Waals surface area contributed by atoms with Gasteiger partial charge in [-0.2, -0.15) is 0 Å². The fourth-order valence-electron chi connectivity index (χ4n) is 1.77. The minimum atomic E-state index is -3.59. The maximum Gasteiger partial charge on any atom is 0.269 e. The highest BCUT2D eigenvalue weighted by atomic mass is 32.2. The summed E-state index contributed by atoms with van der Waals surface area (Å²) in [5.41, 5.74) is 0.123. The van der Waals surface area contributed by atoms with Crippen LogP contribution >= 0.6 is 0 Å². The van der Waals surface area contributed by atoms with E-state index in [0.717, 1.165) is 6.26 Å². The first-order chi connectivity index (χ1) is 8.77. The molecule has 0 fully saturated rings. The van der Waals surface area contributed by atoms with E-state index in [0.29, 0.717) is 0 Å². The standard InChI is InChI=1S/C12H13NO5S/c1-3-4-11(14)12(19(2,17)18)9-5-7-10(8-6-9)13(15)16/h1,5-8,11-12,14H,4H2,2H3. The Kier molecular flexibility index (Phi) is 4.64. The van der Waals surface area contributed by atoms with Crippen LogP contribution in [0.15, 0.2) is 24.3 Å². The van der Waals surface area contributed by atoms with Crippen LogP contribution in [0.3, 0.4) is 0 Å². The predicted octanol–water partition coefficient (Wildman–Crippen LogP) is 1.06. The lowest BCUT2D eigenvalue weighted by molar-refractivity contribution is -0.384. The molecule has 0 heterocycles. The molecular weight excluding hydrogens is 270 g/mol. The van der Waals surface area contributed by atoms with Crippen molar-refractivity contribution >= 4 is 15.5 Å². The number of non-ortho nitro benzene ring substituents is 1. The molecule has 2 atom stereocenters. The smallest absolute Gasteiger partial charge is 0.269 e. The topological polar surface area (TPSA) is 97.5 Å². The summed E-state index contributed by atoms with van der Waals surface area (Å²) in [5, 5.41) is 19.2. The van der Waals surface area contributed by atoms with Gasteiger partial charge in [-0.3, -0.25) is 10.1 Å². The van der Waals surface area contributed by atoms with E-state index in [1.165, 1.54) is 24.3 Å². The molecule has 102 valence electrons. The van der Waals surface area contributed by atoms with Crippen molar-refractivity contribution in [2.45, 2.75) is 17.8 Å². The highest BCUT2D eigenvalue weighted by molar-refractivity contribution is 7.91. The second-order valence-corrected chi connectivity index (χ2v) is 6.24. The van der Waals surface area contributed by atoms with E-state index in [9.17, 15) is 23.6 Å². The van der Waals surface area contributed by atoms with Gasteiger partial charge in [0.1, 0.15) is 5.25 Å². The third-order valence-corrected chi connectivity index (χ3v) is 4.08. The van der Waals surface area contributed by atoms with Gasteiger partial charge in [-0.25, -0.2) is 8.42 Å². The van der Waals surface area contributed by atoms with Gasteiger partial charge in [0, 0.05) is 24.8 Å². The number of hydrogen-bond acceptors (Lipinski definition) is 5. The first-order valence-corrected chi connectivity index (χ1v) is 7.27. The van der Waals surface area contributed by atoms with E-state index < -0.39 is 26.1 Å². The number of aliphatic hydroxyl groups is 1. The Labute approximate surface area is 111 Å². The summed E-state index contributed by atoms with van der Waals surface area (Å²) in [4.78, 5) is 9.94. The zero-order chi connectivity index (χ0) is 14.6. The van der Waals surface area contributed by atoms with Crippen LogP contribution in [0.4, 0.5) is 5.69 Å². The van der Waals surface area contributed by atoms with E-state index in [4.69, 9.17) is 6.42 Å². The van der Waals surface area contributed by atoms with E-state index in [-0.39, 0.29) is 17.7 Å². The molecule has 1 aromatic carbocycles. The van der Waals surface area contributed by atoms with E-state index in [1.807, 2.05) is 0 Å². The molecule has 2 unspecified atom stereocenters. The molecule has 0 spiro atoms. The van der Waals surface area contributed by atoms with E-state index >= 15 is 0 Å². The molecule has 7 heteroatoms. The Morgan fingerprint density at radius 3 is 2.32 bits per heavy atom. The van der Waals surface area contributed by atoms with Crippen molar-refractivity contribution in [3.8, 4) is 12.3 Å². The summed E-state index contributed by atoms with van der Waals surface area (Å²) in [6, 6.07) is 5.00. The van der Waals surface area contributed by atoms with Gasteiger partial charge in [0.25, 0.3) is 5.69 Å². The average molecular weight is 283 g/mol. The summed E-state index contributed by atoms with van der Waals surface area (Å²) < 4.78 is 23.4. The van der Waals surface area contributed by atoms with Crippen molar-refractivity contribution in [3.05, 3.63) is 39.9 Å². The second-order valence-electron chi connectivity index (χ2n) is 4.07. The molecule has 0 aliphatic rings. The zero-order valence-electron chi connectivity index (χ0n) is 10.2. The van der Waals surface area contributed by atoms with Crippen LogP contribution < -0.4 is 0 Å². The second kappa shape index (κ2) is 5.82. The quantitative estimate of drug-likeness (QED) is 0.495. The van der Waals surface area contributed by atoms with Gasteiger partial charge >= 0.3 is 0 Å². The van der Waals surface area contributed by atoms with Crippen LogP contribution in [0.25, 0.3) is 0 Å². The number of benzene rings is 1. The van der Waals surface area contributed by atoms with Crippen molar-refractivity contribution < 1.29 is 18.4 Å². The minimum Gasteiger partial charge on any atom is -0.390 e. The summed E-state index contributed by atoms with van der Waals surface area (Å²) >= 11 is 0. The Balaban J connectivity index is 3.19. The Morgan fingerprint density at radius 2 is 1.95 bits per heavy atom. The number of nitro benzene ring substituents is 1. The molecule has 0 bridgehead atoms. The largest absolute Gasteiger partial charge is 0.390 e.